The molecule has 1 N–H and O–H groups in total. The zero-order chi connectivity index (χ0) is 15.1. The summed E-state index contributed by atoms with van der Waals surface area (Å²) in [5, 5.41) is 19.1. The van der Waals surface area contributed by atoms with Gasteiger partial charge in [-0.1, -0.05) is 0 Å². The Kier molecular flexibility index (Phi) is 3.36. The highest BCUT2D eigenvalue weighted by Gasteiger charge is 2.36. The van der Waals surface area contributed by atoms with E-state index in [0.717, 1.165) is 17.8 Å². The third kappa shape index (κ3) is 2.55. The van der Waals surface area contributed by atoms with Crippen molar-refractivity contribution >= 4 is 23.4 Å². The van der Waals surface area contributed by atoms with Gasteiger partial charge in [-0.15, -0.1) is 16.9 Å². The third-order valence-electron chi connectivity index (χ3n) is 2.48. The lowest BCUT2D eigenvalue weighted by molar-refractivity contribution is -0.143. The van der Waals surface area contributed by atoms with Crippen LogP contribution in [0.5, 0.6) is 0 Å². The molecule has 6 nitrogen and oxygen atoms in total. The number of aromatic nitrogens is 4. The Hall–Kier alpha value is -1.84. The van der Waals surface area contributed by atoms with Crippen molar-refractivity contribution in [3.8, 4) is 0 Å². The van der Waals surface area contributed by atoms with Crippen LogP contribution in [0.15, 0.2) is 17.0 Å². The summed E-state index contributed by atoms with van der Waals surface area (Å²) in [4.78, 5) is 11.3. The summed E-state index contributed by atoms with van der Waals surface area (Å²) >= 11 is 0.877. The highest BCUT2D eigenvalue weighted by atomic mass is 32.2. The van der Waals surface area contributed by atoms with Gasteiger partial charge < -0.3 is 5.11 Å². The molecule has 2 heterocycles. The number of carboxylic acids is 1. The summed E-state index contributed by atoms with van der Waals surface area (Å²) in [6, 6.07) is 1.99. The average Bonchev–Trinajstić information content (AvgIpc) is 2.76. The van der Waals surface area contributed by atoms with E-state index in [9.17, 15) is 18.0 Å². The Balaban J connectivity index is 2.54. The van der Waals surface area contributed by atoms with Crippen LogP contribution in [0.25, 0.3) is 5.65 Å². The maximum absolute atomic E-state index is 12.8. The fraction of sp³-hybridized carbons (Fsp3) is 0.400. The summed E-state index contributed by atoms with van der Waals surface area (Å²) in [7, 11) is 0. The number of carboxylic acid groups (broad SMARTS) is 1. The molecule has 2 rings (SSSR count). The van der Waals surface area contributed by atoms with Crippen molar-refractivity contribution in [3.05, 3.63) is 17.8 Å². The zero-order valence-corrected chi connectivity index (χ0v) is 11.2. The van der Waals surface area contributed by atoms with Crippen LogP contribution in [0, 0.1) is 0 Å². The van der Waals surface area contributed by atoms with Gasteiger partial charge in [-0.3, -0.25) is 4.79 Å². The van der Waals surface area contributed by atoms with Crippen LogP contribution < -0.4 is 0 Å². The summed E-state index contributed by atoms with van der Waals surface area (Å²) in [5.74, 6) is -1.09. The van der Waals surface area contributed by atoms with Crippen molar-refractivity contribution in [1.29, 1.82) is 0 Å². The molecule has 0 saturated carbocycles. The maximum atomic E-state index is 12.8. The van der Waals surface area contributed by atoms with Crippen molar-refractivity contribution in [2.45, 2.75) is 29.7 Å². The van der Waals surface area contributed by atoms with Gasteiger partial charge in [0.2, 0.25) is 0 Å². The lowest BCUT2D eigenvalue weighted by Crippen LogP contribution is -2.27. The number of nitrogens with zero attached hydrogens (tertiary/aromatic N) is 4. The summed E-state index contributed by atoms with van der Waals surface area (Å²) in [5.41, 5.74) is -1.14. The molecule has 0 fully saturated rings. The molecule has 0 saturated heterocycles. The van der Waals surface area contributed by atoms with E-state index in [1.165, 1.54) is 19.9 Å². The molecule has 2 aromatic heterocycles. The van der Waals surface area contributed by atoms with E-state index < -0.39 is 22.6 Å². The SMILES string of the molecule is CC(C)(Sc1ccc(C(F)(F)F)n2nnnc12)C(=O)O. The van der Waals surface area contributed by atoms with Gasteiger partial charge >= 0.3 is 12.1 Å². The molecule has 0 radical (unpaired) electrons. The molecule has 0 amide bonds. The number of carbonyl (C=O) groups is 1. The van der Waals surface area contributed by atoms with Crippen molar-refractivity contribution in [1.82, 2.24) is 20.0 Å². The molecule has 10 heteroatoms. The van der Waals surface area contributed by atoms with E-state index in [-0.39, 0.29) is 10.5 Å². The number of rotatable bonds is 3. The molecule has 20 heavy (non-hydrogen) atoms. The van der Waals surface area contributed by atoms with Gasteiger partial charge in [-0.25, -0.2) is 0 Å². The van der Waals surface area contributed by atoms with Crippen LogP contribution in [-0.4, -0.2) is 35.9 Å². The Labute approximate surface area is 115 Å². The molecule has 0 spiro atoms. The molecule has 0 aliphatic rings. The number of hydrogen-bond acceptors (Lipinski definition) is 5. The average molecular weight is 306 g/mol. The van der Waals surface area contributed by atoms with Gasteiger partial charge in [0.15, 0.2) is 5.65 Å². The third-order valence-corrected chi connectivity index (χ3v) is 3.70. The lowest BCUT2D eigenvalue weighted by atomic mass is 10.2. The van der Waals surface area contributed by atoms with E-state index >= 15 is 0 Å². The van der Waals surface area contributed by atoms with Gasteiger partial charge in [0.25, 0.3) is 0 Å². The van der Waals surface area contributed by atoms with Crippen molar-refractivity contribution in [3.63, 3.8) is 0 Å². The van der Waals surface area contributed by atoms with E-state index in [1.54, 1.807) is 0 Å². The highest BCUT2D eigenvalue weighted by molar-refractivity contribution is 8.01. The van der Waals surface area contributed by atoms with Crippen molar-refractivity contribution < 1.29 is 23.1 Å². The standard InChI is InChI=1S/C10H9F3N4O2S/c1-9(2,8(18)19)20-5-3-4-6(10(11,12)13)17-7(5)14-15-16-17/h3-4H,1-2H3,(H,18,19). The zero-order valence-electron chi connectivity index (χ0n) is 10.3. The summed E-state index contributed by atoms with van der Waals surface area (Å²) in [6.07, 6.45) is -4.60. The second-order valence-electron chi connectivity index (χ2n) is 4.41. The predicted octanol–water partition coefficient (Wildman–Crippen LogP) is 2.10. The Morgan fingerprint density at radius 2 is 2.00 bits per heavy atom. The number of tetrazole rings is 1. The van der Waals surface area contributed by atoms with Crippen LogP contribution in [0.4, 0.5) is 13.2 Å². The van der Waals surface area contributed by atoms with Gasteiger partial charge in [0.1, 0.15) is 10.4 Å². The molecule has 0 bridgehead atoms. The molecule has 0 atom stereocenters. The van der Waals surface area contributed by atoms with E-state index in [1.807, 2.05) is 0 Å². The monoisotopic (exact) mass is 306 g/mol. The van der Waals surface area contributed by atoms with Crippen LogP contribution in [0.1, 0.15) is 19.5 Å². The molecule has 2 aromatic rings. The largest absolute Gasteiger partial charge is 0.480 e. The van der Waals surface area contributed by atoms with Gasteiger partial charge in [0.05, 0.1) is 4.90 Å². The fourth-order valence-electron chi connectivity index (χ4n) is 1.42. The first-order valence-corrected chi connectivity index (χ1v) is 6.15. The Morgan fingerprint density at radius 1 is 1.35 bits per heavy atom. The van der Waals surface area contributed by atoms with Crippen molar-refractivity contribution in [2.24, 2.45) is 0 Å². The van der Waals surface area contributed by atoms with E-state index in [0.29, 0.717) is 4.52 Å². The number of thioether (sulfide) groups is 1. The van der Waals surface area contributed by atoms with Crippen LogP contribution in [0.2, 0.25) is 0 Å². The lowest BCUT2D eigenvalue weighted by Gasteiger charge is -2.18. The molecule has 0 unspecified atom stereocenters. The smallest absolute Gasteiger partial charge is 0.433 e. The highest BCUT2D eigenvalue weighted by Crippen LogP contribution is 2.37. The number of halogens is 3. The number of alkyl halides is 3. The van der Waals surface area contributed by atoms with Gasteiger partial charge in [0, 0.05) is 0 Å². The first-order chi connectivity index (χ1) is 9.13. The van der Waals surface area contributed by atoms with E-state index in [4.69, 9.17) is 5.11 Å². The van der Waals surface area contributed by atoms with Crippen LogP contribution in [-0.2, 0) is 11.0 Å². The molecule has 0 aliphatic carbocycles. The molecular formula is C10H9F3N4O2S. The van der Waals surface area contributed by atoms with Crippen LogP contribution in [0.3, 0.4) is 0 Å². The van der Waals surface area contributed by atoms with E-state index in [2.05, 4.69) is 15.5 Å². The second kappa shape index (κ2) is 4.62. The number of pyridine rings is 1. The number of hydrogen-bond donors (Lipinski definition) is 1. The first kappa shape index (κ1) is 14.6. The summed E-state index contributed by atoms with van der Waals surface area (Å²) < 4.78 is 37.7. The second-order valence-corrected chi connectivity index (χ2v) is 6.08. The Bertz CT molecular complexity index is 668. The van der Waals surface area contributed by atoms with Crippen LogP contribution >= 0.6 is 11.8 Å². The minimum absolute atomic E-state index is 0.126. The number of aliphatic carboxylic acids is 1. The molecule has 0 aliphatic heterocycles. The van der Waals surface area contributed by atoms with Crippen molar-refractivity contribution in [2.75, 3.05) is 0 Å². The topological polar surface area (TPSA) is 80.4 Å². The van der Waals surface area contributed by atoms with Gasteiger partial charge in [-0.05, 0) is 36.4 Å². The maximum Gasteiger partial charge on any atom is 0.433 e. The fourth-order valence-corrected chi connectivity index (χ4v) is 2.41. The quantitative estimate of drug-likeness (QED) is 0.875. The minimum Gasteiger partial charge on any atom is -0.480 e. The number of fused-ring (bicyclic) bond motifs is 1. The minimum atomic E-state index is -4.60. The molecule has 0 aromatic carbocycles. The predicted molar refractivity (Wildman–Crippen MR) is 63.4 cm³/mol. The normalized spacial score (nSPS) is 12.8. The summed E-state index contributed by atoms with van der Waals surface area (Å²) in [6.45, 7) is 2.88. The van der Waals surface area contributed by atoms with Gasteiger partial charge in [-0.2, -0.15) is 17.7 Å². The molecular weight excluding hydrogens is 297 g/mol. The Morgan fingerprint density at radius 3 is 2.55 bits per heavy atom. The molecule has 108 valence electrons. The first-order valence-electron chi connectivity index (χ1n) is 5.33.